The van der Waals surface area contributed by atoms with Crippen molar-refractivity contribution in [3.63, 3.8) is 0 Å². The molecule has 0 saturated carbocycles. The van der Waals surface area contributed by atoms with Crippen LogP contribution < -0.4 is 0 Å². The van der Waals surface area contributed by atoms with Gasteiger partial charge in [0.2, 0.25) is 0 Å². The van der Waals surface area contributed by atoms with Crippen molar-refractivity contribution in [1.29, 1.82) is 0 Å². The van der Waals surface area contributed by atoms with Crippen molar-refractivity contribution < 1.29 is 0 Å². The first kappa shape index (κ1) is 10.2. The summed E-state index contributed by atoms with van der Waals surface area (Å²) in [6.07, 6.45) is 6.03. The number of rotatable bonds is 2. The molecule has 2 heterocycles. The van der Waals surface area contributed by atoms with Gasteiger partial charge in [-0.15, -0.1) is 0 Å². The average Bonchev–Trinajstić information content (AvgIpc) is 2.39. The van der Waals surface area contributed by atoms with Crippen molar-refractivity contribution in [3.05, 3.63) is 48.3 Å². The largest absolute Gasteiger partial charge is 0.254 e. The van der Waals surface area contributed by atoms with Crippen LogP contribution in [-0.2, 0) is 6.42 Å². The highest BCUT2D eigenvalue weighted by atomic mass is 14.7. The van der Waals surface area contributed by atoms with Gasteiger partial charge in [0.1, 0.15) is 0 Å². The Morgan fingerprint density at radius 1 is 1.00 bits per heavy atom. The molecular formula is C15H14N2. The fourth-order valence-electron chi connectivity index (χ4n) is 2.21. The van der Waals surface area contributed by atoms with Gasteiger partial charge in [0.25, 0.3) is 0 Å². The summed E-state index contributed by atoms with van der Waals surface area (Å²) in [5.41, 5.74) is 3.30. The summed E-state index contributed by atoms with van der Waals surface area (Å²) >= 11 is 0. The summed E-state index contributed by atoms with van der Waals surface area (Å²) < 4.78 is 0. The van der Waals surface area contributed by atoms with Gasteiger partial charge < -0.3 is 0 Å². The number of nitrogens with zero attached hydrogens (tertiary/aromatic N) is 2. The van der Waals surface area contributed by atoms with Crippen molar-refractivity contribution >= 4 is 21.8 Å². The first-order chi connectivity index (χ1) is 8.38. The summed E-state index contributed by atoms with van der Waals surface area (Å²) in [6, 6.07) is 10.5. The summed E-state index contributed by atoms with van der Waals surface area (Å²) in [5, 5.41) is 2.33. The summed E-state index contributed by atoms with van der Waals surface area (Å²) in [6.45, 7) is 2.19. The summed E-state index contributed by atoms with van der Waals surface area (Å²) in [4.78, 5) is 8.99. The van der Waals surface area contributed by atoms with Crippen LogP contribution in [0.1, 0.15) is 18.9 Å². The lowest BCUT2D eigenvalue weighted by molar-refractivity contribution is 0.917. The monoisotopic (exact) mass is 222 g/mol. The van der Waals surface area contributed by atoms with Gasteiger partial charge in [0.05, 0.1) is 11.0 Å². The predicted octanol–water partition coefficient (Wildman–Crippen LogP) is 3.74. The molecule has 0 atom stereocenters. The Morgan fingerprint density at radius 3 is 2.71 bits per heavy atom. The lowest BCUT2D eigenvalue weighted by Crippen LogP contribution is -1.89. The Labute approximate surface area is 100 Å². The zero-order chi connectivity index (χ0) is 11.7. The second kappa shape index (κ2) is 4.13. The minimum absolute atomic E-state index is 0.994. The van der Waals surface area contributed by atoms with Crippen LogP contribution in [0.3, 0.4) is 0 Å². The predicted molar refractivity (Wildman–Crippen MR) is 71.0 cm³/mol. The van der Waals surface area contributed by atoms with Gasteiger partial charge in [0.15, 0.2) is 0 Å². The van der Waals surface area contributed by atoms with E-state index < -0.39 is 0 Å². The van der Waals surface area contributed by atoms with E-state index in [9.17, 15) is 0 Å². The van der Waals surface area contributed by atoms with Gasteiger partial charge in [-0.1, -0.05) is 31.5 Å². The van der Waals surface area contributed by atoms with Gasteiger partial charge >= 0.3 is 0 Å². The van der Waals surface area contributed by atoms with Crippen LogP contribution in [0.5, 0.6) is 0 Å². The topological polar surface area (TPSA) is 25.8 Å². The molecule has 0 fully saturated rings. The first-order valence-corrected chi connectivity index (χ1v) is 6.01. The molecule has 3 aromatic rings. The van der Waals surface area contributed by atoms with Crippen LogP contribution in [0.4, 0.5) is 0 Å². The van der Waals surface area contributed by atoms with E-state index in [2.05, 4.69) is 41.2 Å². The fourth-order valence-corrected chi connectivity index (χ4v) is 2.21. The molecular weight excluding hydrogens is 208 g/mol. The Bertz CT molecular complexity index is 674. The van der Waals surface area contributed by atoms with Gasteiger partial charge in [-0.2, -0.15) is 0 Å². The number of benzene rings is 1. The molecule has 0 aliphatic heterocycles. The van der Waals surface area contributed by atoms with Crippen LogP contribution in [0, 0.1) is 0 Å². The van der Waals surface area contributed by atoms with Crippen LogP contribution in [0.25, 0.3) is 21.8 Å². The number of fused-ring (bicyclic) bond motifs is 3. The third-order valence-electron chi connectivity index (χ3n) is 3.02. The minimum Gasteiger partial charge on any atom is -0.254 e. The molecule has 0 unspecified atom stereocenters. The standard InChI is InChI=1S/C15H14N2/c1-2-4-11-9-13-7-6-12-5-3-8-16-14(12)15(13)17-10-11/h3,5-10H,2,4H2,1H3. The maximum Gasteiger partial charge on any atom is 0.0964 e. The molecule has 1 aromatic carbocycles. The molecule has 0 bridgehead atoms. The molecule has 0 spiro atoms. The third-order valence-corrected chi connectivity index (χ3v) is 3.02. The quantitative estimate of drug-likeness (QED) is 0.617. The molecule has 0 N–H and O–H groups in total. The molecule has 17 heavy (non-hydrogen) atoms. The molecule has 0 amide bonds. The van der Waals surface area contributed by atoms with Gasteiger partial charge in [-0.05, 0) is 24.1 Å². The van der Waals surface area contributed by atoms with E-state index in [0.717, 1.165) is 29.3 Å². The van der Waals surface area contributed by atoms with Crippen LogP contribution in [-0.4, -0.2) is 9.97 Å². The Kier molecular flexibility index (Phi) is 2.48. The number of aromatic nitrogens is 2. The number of hydrogen-bond acceptors (Lipinski definition) is 2. The fraction of sp³-hybridized carbons (Fsp3) is 0.200. The smallest absolute Gasteiger partial charge is 0.0964 e. The molecule has 3 rings (SSSR count). The van der Waals surface area contributed by atoms with E-state index in [0.29, 0.717) is 0 Å². The lowest BCUT2D eigenvalue weighted by Gasteiger charge is -2.04. The van der Waals surface area contributed by atoms with Crippen molar-refractivity contribution in [3.8, 4) is 0 Å². The summed E-state index contributed by atoms with van der Waals surface area (Å²) in [5.74, 6) is 0. The molecule has 0 radical (unpaired) electrons. The highest BCUT2D eigenvalue weighted by molar-refractivity contribution is 6.02. The second-order valence-electron chi connectivity index (χ2n) is 4.31. The first-order valence-electron chi connectivity index (χ1n) is 6.01. The van der Waals surface area contributed by atoms with E-state index in [1.54, 1.807) is 0 Å². The molecule has 0 saturated heterocycles. The molecule has 0 aliphatic rings. The number of pyridine rings is 2. The normalized spacial score (nSPS) is 11.1. The van der Waals surface area contributed by atoms with Crippen molar-refractivity contribution in [2.24, 2.45) is 0 Å². The maximum absolute atomic E-state index is 4.57. The molecule has 2 aromatic heterocycles. The lowest BCUT2D eigenvalue weighted by atomic mass is 10.1. The van der Waals surface area contributed by atoms with E-state index in [4.69, 9.17) is 0 Å². The molecule has 0 aliphatic carbocycles. The van der Waals surface area contributed by atoms with Gasteiger partial charge in [-0.25, -0.2) is 0 Å². The Morgan fingerprint density at radius 2 is 1.82 bits per heavy atom. The maximum atomic E-state index is 4.57. The number of hydrogen-bond donors (Lipinski definition) is 0. The summed E-state index contributed by atoms with van der Waals surface area (Å²) in [7, 11) is 0. The average molecular weight is 222 g/mol. The highest BCUT2D eigenvalue weighted by Crippen LogP contribution is 2.22. The number of aryl methyl sites for hydroxylation is 1. The van der Waals surface area contributed by atoms with Crippen LogP contribution in [0.2, 0.25) is 0 Å². The molecule has 84 valence electrons. The van der Waals surface area contributed by atoms with Crippen LogP contribution >= 0.6 is 0 Å². The Balaban J connectivity index is 2.29. The van der Waals surface area contributed by atoms with Crippen molar-refractivity contribution in [1.82, 2.24) is 9.97 Å². The van der Waals surface area contributed by atoms with Crippen LogP contribution in [0.15, 0.2) is 42.7 Å². The van der Waals surface area contributed by atoms with E-state index in [-0.39, 0.29) is 0 Å². The van der Waals surface area contributed by atoms with Crippen molar-refractivity contribution in [2.75, 3.05) is 0 Å². The zero-order valence-electron chi connectivity index (χ0n) is 9.85. The zero-order valence-corrected chi connectivity index (χ0v) is 9.85. The second-order valence-corrected chi connectivity index (χ2v) is 4.31. The third kappa shape index (κ3) is 1.76. The Hall–Kier alpha value is -1.96. The highest BCUT2D eigenvalue weighted by Gasteiger charge is 2.03. The molecule has 2 nitrogen and oxygen atoms in total. The van der Waals surface area contributed by atoms with E-state index in [1.807, 2.05) is 18.5 Å². The van der Waals surface area contributed by atoms with Gasteiger partial charge in [-0.3, -0.25) is 9.97 Å². The van der Waals surface area contributed by atoms with Crippen molar-refractivity contribution in [2.45, 2.75) is 19.8 Å². The minimum atomic E-state index is 0.994. The SMILES string of the molecule is CCCc1cnc2c(ccc3cccnc32)c1. The van der Waals surface area contributed by atoms with Gasteiger partial charge in [0, 0.05) is 23.2 Å². The van der Waals surface area contributed by atoms with E-state index in [1.165, 1.54) is 10.9 Å². The van der Waals surface area contributed by atoms with E-state index >= 15 is 0 Å². The molecule has 2 heteroatoms.